The summed E-state index contributed by atoms with van der Waals surface area (Å²) in [6, 6.07) is 13.9. The molecule has 1 aromatic heterocycles. The highest BCUT2D eigenvalue weighted by Crippen LogP contribution is 2.37. The normalized spacial score (nSPS) is 14.4. The van der Waals surface area contributed by atoms with Gasteiger partial charge in [0.15, 0.2) is 0 Å². The van der Waals surface area contributed by atoms with Crippen molar-refractivity contribution in [3.05, 3.63) is 70.9 Å². The lowest BCUT2D eigenvalue weighted by atomic mass is 9.94. The average Bonchev–Trinajstić information content (AvgIpc) is 3.26. The van der Waals surface area contributed by atoms with E-state index in [9.17, 15) is 13.2 Å². The molecular weight excluding hydrogens is 518 g/mol. The number of pyridine rings is 1. The number of hydrogen-bond acceptors (Lipinski definition) is 8. The first-order valence-corrected chi connectivity index (χ1v) is 15.1. The quantitative estimate of drug-likeness (QED) is 0.223. The van der Waals surface area contributed by atoms with E-state index in [4.69, 9.17) is 18.9 Å². The number of carbonyl (C=O) groups excluding carboxylic acids is 1. The minimum absolute atomic E-state index is 0.0620. The van der Waals surface area contributed by atoms with Gasteiger partial charge in [-0.15, -0.1) is 0 Å². The van der Waals surface area contributed by atoms with Crippen LogP contribution >= 0.6 is 0 Å². The second kappa shape index (κ2) is 12.5. The maximum atomic E-state index is 11.9. The summed E-state index contributed by atoms with van der Waals surface area (Å²) in [6.07, 6.45) is 3.68. The fourth-order valence-corrected chi connectivity index (χ4v) is 5.40. The summed E-state index contributed by atoms with van der Waals surface area (Å²) in [7, 11) is -2.99. The van der Waals surface area contributed by atoms with Crippen LogP contribution in [0.1, 0.15) is 47.9 Å². The summed E-state index contributed by atoms with van der Waals surface area (Å²) in [6.45, 7) is 7.35. The van der Waals surface area contributed by atoms with E-state index in [1.165, 1.54) is 6.26 Å². The van der Waals surface area contributed by atoms with Gasteiger partial charge in [-0.3, -0.25) is 4.79 Å². The van der Waals surface area contributed by atoms with E-state index in [1.54, 1.807) is 19.2 Å². The van der Waals surface area contributed by atoms with Gasteiger partial charge in [0.25, 0.3) is 0 Å². The Morgan fingerprint density at radius 2 is 1.87 bits per heavy atom. The van der Waals surface area contributed by atoms with Gasteiger partial charge in [0.2, 0.25) is 5.88 Å². The van der Waals surface area contributed by atoms with Crippen molar-refractivity contribution < 1.29 is 32.2 Å². The van der Waals surface area contributed by atoms with Crippen LogP contribution in [0.25, 0.3) is 11.1 Å². The van der Waals surface area contributed by atoms with E-state index in [1.807, 2.05) is 38.1 Å². The van der Waals surface area contributed by atoms with E-state index < -0.39 is 9.84 Å². The molecular formula is C30H35NO7S. The lowest BCUT2D eigenvalue weighted by Gasteiger charge is -2.15. The van der Waals surface area contributed by atoms with Crippen LogP contribution in [0.2, 0.25) is 0 Å². The Hall–Kier alpha value is -3.59. The molecule has 1 atom stereocenters. The third-order valence-electron chi connectivity index (χ3n) is 6.50. The zero-order valence-corrected chi connectivity index (χ0v) is 23.7. The van der Waals surface area contributed by atoms with Gasteiger partial charge in [0, 0.05) is 30.0 Å². The Kier molecular flexibility index (Phi) is 9.12. The molecule has 4 rings (SSSR count). The number of sulfone groups is 1. The van der Waals surface area contributed by atoms with Gasteiger partial charge in [-0.1, -0.05) is 18.2 Å². The molecule has 2 aromatic carbocycles. The molecule has 1 aliphatic heterocycles. The van der Waals surface area contributed by atoms with Crippen LogP contribution in [0.4, 0.5) is 0 Å². The van der Waals surface area contributed by atoms with Gasteiger partial charge < -0.3 is 18.9 Å². The smallest absolute Gasteiger partial charge is 0.306 e. The monoisotopic (exact) mass is 553 g/mol. The van der Waals surface area contributed by atoms with Crippen molar-refractivity contribution in [3.63, 3.8) is 0 Å². The number of benzene rings is 2. The van der Waals surface area contributed by atoms with Crippen molar-refractivity contribution in [1.29, 1.82) is 0 Å². The molecule has 0 N–H and O–H groups in total. The number of esters is 1. The van der Waals surface area contributed by atoms with Gasteiger partial charge in [-0.25, -0.2) is 13.4 Å². The molecule has 0 amide bonds. The van der Waals surface area contributed by atoms with Gasteiger partial charge in [-0.2, -0.15) is 0 Å². The molecule has 0 aliphatic carbocycles. The summed E-state index contributed by atoms with van der Waals surface area (Å²) in [5.74, 6) is 1.69. The Morgan fingerprint density at radius 3 is 2.59 bits per heavy atom. The molecule has 39 heavy (non-hydrogen) atoms. The SMILES string of the molecule is CCOC(=O)C[C@@H]1COc2cc(OCc3cccc(-c4c(C)cc(OCCCS(C)(=O)=O)cc4C)c3)ncc21. The maximum Gasteiger partial charge on any atom is 0.306 e. The first-order valence-electron chi connectivity index (χ1n) is 13.0. The summed E-state index contributed by atoms with van der Waals surface area (Å²) in [5.41, 5.74) is 6.22. The van der Waals surface area contributed by atoms with Crippen LogP contribution in [0, 0.1) is 13.8 Å². The highest BCUT2D eigenvalue weighted by Gasteiger charge is 2.28. The van der Waals surface area contributed by atoms with Crippen molar-refractivity contribution in [1.82, 2.24) is 4.98 Å². The van der Waals surface area contributed by atoms with Crippen LogP contribution in [0.3, 0.4) is 0 Å². The predicted octanol–water partition coefficient (Wildman–Crippen LogP) is 5.19. The van der Waals surface area contributed by atoms with Crippen LogP contribution in [0.5, 0.6) is 17.4 Å². The van der Waals surface area contributed by atoms with Crippen LogP contribution in [0.15, 0.2) is 48.7 Å². The van der Waals surface area contributed by atoms with E-state index in [-0.39, 0.29) is 24.1 Å². The highest BCUT2D eigenvalue weighted by molar-refractivity contribution is 7.90. The summed E-state index contributed by atoms with van der Waals surface area (Å²) in [4.78, 5) is 16.3. The number of nitrogens with zero attached hydrogens (tertiary/aromatic N) is 1. The van der Waals surface area contributed by atoms with E-state index in [0.717, 1.165) is 39.1 Å². The van der Waals surface area contributed by atoms with Crippen molar-refractivity contribution in [2.24, 2.45) is 0 Å². The van der Waals surface area contributed by atoms with Crippen molar-refractivity contribution >= 4 is 15.8 Å². The molecule has 208 valence electrons. The standard InChI is InChI=1S/C30H35NO7S/c1-5-35-29(32)15-24-19-37-27-16-28(31-17-26(24)27)38-18-22-8-6-9-23(14-22)30-20(2)12-25(13-21(30)3)36-10-7-11-39(4,33)34/h6,8-9,12-14,16-17,24H,5,7,10-11,15,18-19H2,1-4H3/t24-/m1/s1. The largest absolute Gasteiger partial charge is 0.494 e. The number of ether oxygens (including phenoxy) is 4. The topological polar surface area (TPSA) is 101 Å². The average molecular weight is 554 g/mol. The molecule has 0 saturated heterocycles. The van der Waals surface area contributed by atoms with Gasteiger partial charge in [0.05, 0.1) is 32.0 Å². The molecule has 0 radical (unpaired) electrons. The molecule has 9 heteroatoms. The minimum Gasteiger partial charge on any atom is -0.494 e. The molecule has 0 spiro atoms. The van der Waals surface area contributed by atoms with E-state index in [2.05, 4.69) is 17.1 Å². The number of fused-ring (bicyclic) bond motifs is 1. The van der Waals surface area contributed by atoms with Crippen molar-refractivity contribution in [2.45, 2.75) is 46.1 Å². The lowest BCUT2D eigenvalue weighted by Crippen LogP contribution is -2.11. The fourth-order valence-electron chi connectivity index (χ4n) is 4.76. The third-order valence-corrected chi connectivity index (χ3v) is 7.54. The van der Waals surface area contributed by atoms with Crippen molar-refractivity contribution in [2.75, 3.05) is 31.8 Å². The molecule has 0 saturated carbocycles. The first-order chi connectivity index (χ1) is 18.6. The Bertz CT molecular complexity index is 1410. The van der Waals surface area contributed by atoms with Gasteiger partial charge >= 0.3 is 5.97 Å². The number of aryl methyl sites for hydroxylation is 2. The Balaban J connectivity index is 1.39. The fraction of sp³-hybridized carbons (Fsp3) is 0.400. The maximum absolute atomic E-state index is 11.9. The summed E-state index contributed by atoms with van der Waals surface area (Å²) in [5, 5.41) is 0. The third kappa shape index (κ3) is 7.72. The van der Waals surface area contributed by atoms with Crippen molar-refractivity contribution in [3.8, 4) is 28.5 Å². The number of carbonyl (C=O) groups is 1. The van der Waals surface area contributed by atoms with Gasteiger partial charge in [0.1, 0.15) is 27.9 Å². The number of hydrogen-bond donors (Lipinski definition) is 0. The van der Waals surface area contributed by atoms with E-state index in [0.29, 0.717) is 44.5 Å². The zero-order valence-electron chi connectivity index (χ0n) is 22.9. The number of aromatic nitrogens is 1. The predicted molar refractivity (Wildman–Crippen MR) is 149 cm³/mol. The lowest BCUT2D eigenvalue weighted by molar-refractivity contribution is -0.143. The molecule has 0 bridgehead atoms. The molecule has 8 nitrogen and oxygen atoms in total. The molecule has 3 aromatic rings. The van der Waals surface area contributed by atoms with Crippen LogP contribution in [-0.4, -0.2) is 51.2 Å². The first kappa shape index (κ1) is 28.4. The minimum atomic E-state index is -2.99. The molecule has 0 fully saturated rings. The Morgan fingerprint density at radius 1 is 1.10 bits per heavy atom. The molecule has 1 aliphatic rings. The van der Waals surface area contributed by atoms with Gasteiger partial charge in [-0.05, 0) is 73.2 Å². The zero-order chi connectivity index (χ0) is 28.0. The second-order valence-corrected chi connectivity index (χ2v) is 12.1. The highest BCUT2D eigenvalue weighted by atomic mass is 32.2. The molecule has 0 unspecified atom stereocenters. The van der Waals surface area contributed by atoms with E-state index >= 15 is 0 Å². The number of rotatable bonds is 12. The molecule has 2 heterocycles. The second-order valence-electron chi connectivity index (χ2n) is 9.83. The Labute approximate surface area is 230 Å². The summed E-state index contributed by atoms with van der Waals surface area (Å²) < 4.78 is 45.3. The van der Waals surface area contributed by atoms with Crippen LogP contribution in [-0.2, 0) is 26.0 Å². The summed E-state index contributed by atoms with van der Waals surface area (Å²) >= 11 is 0. The van der Waals surface area contributed by atoms with Crippen LogP contribution < -0.4 is 14.2 Å².